The molecule has 1 saturated carbocycles. The maximum absolute atomic E-state index is 12.1. The molecule has 0 saturated heterocycles. The van der Waals surface area contributed by atoms with Crippen LogP contribution in [0.3, 0.4) is 0 Å². The van der Waals surface area contributed by atoms with Crippen LogP contribution in [0.1, 0.15) is 25.7 Å². The molecular formula is C14H18F2N2O2. The van der Waals surface area contributed by atoms with Gasteiger partial charge in [0.25, 0.3) is 0 Å². The van der Waals surface area contributed by atoms with E-state index < -0.39 is 6.61 Å². The highest BCUT2D eigenvalue weighted by atomic mass is 19.3. The zero-order valence-corrected chi connectivity index (χ0v) is 11.0. The van der Waals surface area contributed by atoms with Gasteiger partial charge in [0, 0.05) is 17.8 Å². The number of amides is 1. The molecule has 2 rings (SSSR count). The Morgan fingerprint density at radius 3 is 2.80 bits per heavy atom. The van der Waals surface area contributed by atoms with Crippen molar-refractivity contribution in [1.82, 2.24) is 0 Å². The van der Waals surface area contributed by atoms with Crippen LogP contribution in [0.5, 0.6) is 5.75 Å². The average molecular weight is 284 g/mol. The second-order valence-electron chi connectivity index (χ2n) is 4.95. The van der Waals surface area contributed by atoms with Crippen LogP contribution in [0.4, 0.5) is 14.5 Å². The number of rotatable bonds is 4. The summed E-state index contributed by atoms with van der Waals surface area (Å²) in [5.74, 6) is -0.361. The highest BCUT2D eigenvalue weighted by Crippen LogP contribution is 2.25. The van der Waals surface area contributed by atoms with Gasteiger partial charge < -0.3 is 15.8 Å². The van der Waals surface area contributed by atoms with Crippen molar-refractivity contribution in [2.24, 2.45) is 11.7 Å². The van der Waals surface area contributed by atoms with E-state index in [0.29, 0.717) is 5.69 Å². The zero-order chi connectivity index (χ0) is 14.5. The Morgan fingerprint density at radius 1 is 1.35 bits per heavy atom. The zero-order valence-electron chi connectivity index (χ0n) is 11.0. The van der Waals surface area contributed by atoms with Crippen LogP contribution in [-0.2, 0) is 4.79 Å². The molecule has 3 N–H and O–H groups in total. The van der Waals surface area contributed by atoms with Crippen molar-refractivity contribution in [2.75, 3.05) is 5.32 Å². The minimum Gasteiger partial charge on any atom is -0.435 e. The van der Waals surface area contributed by atoms with Gasteiger partial charge in [0.15, 0.2) is 0 Å². The van der Waals surface area contributed by atoms with Gasteiger partial charge in [-0.2, -0.15) is 8.78 Å². The number of halogens is 2. The SMILES string of the molecule is NC1CCCCC1C(=O)Nc1cccc(OC(F)F)c1. The number of anilines is 1. The van der Waals surface area contributed by atoms with Gasteiger partial charge in [-0.15, -0.1) is 0 Å². The number of alkyl halides is 2. The van der Waals surface area contributed by atoms with E-state index in [0.717, 1.165) is 25.7 Å². The van der Waals surface area contributed by atoms with E-state index in [1.807, 2.05) is 0 Å². The summed E-state index contributed by atoms with van der Waals surface area (Å²) in [6, 6.07) is 5.83. The van der Waals surface area contributed by atoms with Crippen LogP contribution in [0.25, 0.3) is 0 Å². The minimum atomic E-state index is -2.88. The quantitative estimate of drug-likeness (QED) is 0.893. The molecule has 4 nitrogen and oxygen atoms in total. The van der Waals surface area contributed by atoms with Gasteiger partial charge in [0.2, 0.25) is 5.91 Å². The van der Waals surface area contributed by atoms with Crippen molar-refractivity contribution in [1.29, 1.82) is 0 Å². The molecule has 0 aliphatic heterocycles. The van der Waals surface area contributed by atoms with Crippen LogP contribution in [0.15, 0.2) is 24.3 Å². The molecule has 1 aromatic rings. The molecule has 0 heterocycles. The number of ether oxygens (including phenoxy) is 1. The predicted molar refractivity (Wildman–Crippen MR) is 71.6 cm³/mol. The maximum Gasteiger partial charge on any atom is 0.387 e. The molecule has 1 fully saturated rings. The summed E-state index contributed by atoms with van der Waals surface area (Å²) in [5.41, 5.74) is 6.38. The minimum absolute atomic E-state index is 0.0192. The van der Waals surface area contributed by atoms with Crippen molar-refractivity contribution in [3.05, 3.63) is 24.3 Å². The van der Waals surface area contributed by atoms with E-state index in [4.69, 9.17) is 5.73 Å². The first-order valence-electron chi connectivity index (χ1n) is 6.67. The normalized spacial score (nSPS) is 22.6. The first kappa shape index (κ1) is 14.7. The molecule has 0 aromatic heterocycles. The fourth-order valence-electron chi connectivity index (χ4n) is 2.47. The largest absolute Gasteiger partial charge is 0.435 e. The number of hydrogen-bond acceptors (Lipinski definition) is 3. The van der Waals surface area contributed by atoms with Crippen LogP contribution in [-0.4, -0.2) is 18.6 Å². The van der Waals surface area contributed by atoms with Crippen molar-refractivity contribution < 1.29 is 18.3 Å². The highest BCUT2D eigenvalue weighted by Gasteiger charge is 2.28. The molecule has 2 unspecified atom stereocenters. The second-order valence-corrected chi connectivity index (χ2v) is 4.95. The van der Waals surface area contributed by atoms with Crippen molar-refractivity contribution >= 4 is 11.6 Å². The molecule has 2 atom stereocenters. The van der Waals surface area contributed by atoms with Gasteiger partial charge in [0.1, 0.15) is 5.75 Å². The van der Waals surface area contributed by atoms with Gasteiger partial charge in [-0.05, 0) is 25.0 Å². The lowest BCUT2D eigenvalue weighted by atomic mass is 9.84. The summed E-state index contributed by atoms with van der Waals surface area (Å²) in [6.07, 6.45) is 3.63. The van der Waals surface area contributed by atoms with Crippen LogP contribution in [0.2, 0.25) is 0 Å². The third-order valence-corrected chi connectivity index (χ3v) is 3.48. The Kier molecular flexibility index (Phi) is 4.89. The summed E-state index contributed by atoms with van der Waals surface area (Å²) >= 11 is 0. The second kappa shape index (κ2) is 6.65. The van der Waals surface area contributed by atoms with Gasteiger partial charge in [0.05, 0.1) is 5.92 Å². The first-order valence-corrected chi connectivity index (χ1v) is 6.67. The molecule has 6 heteroatoms. The summed E-state index contributed by atoms with van der Waals surface area (Å²) < 4.78 is 28.6. The van der Waals surface area contributed by atoms with E-state index in [1.54, 1.807) is 12.1 Å². The van der Waals surface area contributed by atoms with Crippen molar-refractivity contribution in [3.8, 4) is 5.75 Å². The topological polar surface area (TPSA) is 64.4 Å². The molecule has 1 amide bonds. The standard InChI is InChI=1S/C14H18F2N2O2/c15-14(16)20-10-5-3-4-9(8-10)18-13(19)11-6-1-2-7-12(11)17/h3-5,8,11-12,14H,1-2,6-7,17H2,(H,18,19). The number of carbonyl (C=O) groups is 1. The smallest absolute Gasteiger partial charge is 0.387 e. The van der Waals surface area contributed by atoms with Crippen LogP contribution >= 0.6 is 0 Å². The van der Waals surface area contributed by atoms with Gasteiger partial charge in [-0.1, -0.05) is 18.9 Å². The van der Waals surface area contributed by atoms with Crippen molar-refractivity contribution in [3.63, 3.8) is 0 Å². The summed E-state index contributed by atoms with van der Waals surface area (Å²) in [4.78, 5) is 12.1. The molecule has 1 aromatic carbocycles. The van der Waals surface area contributed by atoms with E-state index in [9.17, 15) is 13.6 Å². The molecular weight excluding hydrogens is 266 g/mol. The Labute approximate surface area is 116 Å². The Bertz CT molecular complexity index is 468. The van der Waals surface area contributed by atoms with E-state index in [2.05, 4.69) is 10.1 Å². The van der Waals surface area contributed by atoms with Gasteiger partial charge >= 0.3 is 6.61 Å². The fourth-order valence-corrected chi connectivity index (χ4v) is 2.47. The monoisotopic (exact) mass is 284 g/mol. The summed E-state index contributed by atoms with van der Waals surface area (Å²) in [6.45, 7) is -2.88. The van der Waals surface area contributed by atoms with E-state index >= 15 is 0 Å². The Morgan fingerprint density at radius 2 is 2.10 bits per heavy atom. The molecule has 0 spiro atoms. The molecule has 20 heavy (non-hydrogen) atoms. The van der Waals surface area contributed by atoms with Crippen LogP contribution in [0, 0.1) is 5.92 Å². The lowest BCUT2D eigenvalue weighted by molar-refractivity contribution is -0.121. The molecule has 0 bridgehead atoms. The third-order valence-electron chi connectivity index (χ3n) is 3.48. The predicted octanol–water partition coefficient (Wildman–Crippen LogP) is 2.74. The van der Waals surface area contributed by atoms with Crippen molar-refractivity contribution in [2.45, 2.75) is 38.3 Å². The molecule has 110 valence electrons. The lowest BCUT2D eigenvalue weighted by Crippen LogP contribution is -2.40. The van der Waals surface area contributed by atoms with E-state index in [1.165, 1.54) is 12.1 Å². The van der Waals surface area contributed by atoms with Gasteiger partial charge in [-0.3, -0.25) is 4.79 Å². The molecule has 1 aliphatic carbocycles. The number of benzene rings is 1. The number of nitrogens with one attached hydrogen (secondary N) is 1. The first-order chi connectivity index (χ1) is 9.56. The number of nitrogens with two attached hydrogens (primary N) is 1. The fraction of sp³-hybridized carbons (Fsp3) is 0.500. The Balaban J connectivity index is 2.00. The average Bonchev–Trinajstić information content (AvgIpc) is 2.38. The molecule has 0 radical (unpaired) electrons. The molecule has 1 aliphatic rings. The number of hydrogen-bond donors (Lipinski definition) is 2. The van der Waals surface area contributed by atoms with Crippen LogP contribution < -0.4 is 15.8 Å². The van der Waals surface area contributed by atoms with Gasteiger partial charge in [-0.25, -0.2) is 0 Å². The third kappa shape index (κ3) is 3.90. The maximum atomic E-state index is 12.1. The summed E-state index contributed by atoms with van der Waals surface area (Å²) in [5, 5.41) is 2.71. The Hall–Kier alpha value is -1.69. The highest BCUT2D eigenvalue weighted by molar-refractivity contribution is 5.93. The lowest BCUT2D eigenvalue weighted by Gasteiger charge is -2.27. The number of carbonyl (C=O) groups excluding carboxylic acids is 1. The van der Waals surface area contributed by atoms with E-state index in [-0.39, 0.29) is 23.6 Å². The summed E-state index contributed by atoms with van der Waals surface area (Å²) in [7, 11) is 0.